The first kappa shape index (κ1) is 29.0. The summed E-state index contributed by atoms with van der Waals surface area (Å²) >= 11 is 0. The summed E-state index contributed by atoms with van der Waals surface area (Å²) in [5.74, 6) is -2.71. The number of aryl methyl sites for hydroxylation is 2. The lowest BCUT2D eigenvalue weighted by Gasteiger charge is -2.27. The van der Waals surface area contributed by atoms with Crippen LogP contribution in [0.15, 0.2) is 22.9 Å². The fraction of sp³-hybridized carbons (Fsp3) is 0.455. The van der Waals surface area contributed by atoms with Crippen LogP contribution in [-0.4, -0.2) is 78.3 Å². The van der Waals surface area contributed by atoms with Crippen LogP contribution in [0.2, 0.25) is 0 Å². The highest BCUT2D eigenvalue weighted by atomic mass is 16.7. The normalized spacial score (nSPS) is 11.0. The number of nitrogens with zero attached hydrogens (tertiary/aromatic N) is 6. The maximum absolute atomic E-state index is 11.5. The van der Waals surface area contributed by atoms with E-state index >= 15 is 0 Å². The fourth-order valence-electron chi connectivity index (χ4n) is 3.69. The minimum atomic E-state index is -1.16. The van der Waals surface area contributed by atoms with Gasteiger partial charge >= 0.3 is 11.9 Å². The van der Waals surface area contributed by atoms with Crippen LogP contribution < -0.4 is 0 Å². The maximum atomic E-state index is 11.5. The Morgan fingerprint density at radius 1 is 0.865 bits per heavy atom. The molecule has 0 aliphatic carbocycles. The van der Waals surface area contributed by atoms with Crippen molar-refractivity contribution in [2.24, 2.45) is 10.5 Å². The summed E-state index contributed by atoms with van der Waals surface area (Å²) in [5, 5.41) is 45.0. The summed E-state index contributed by atoms with van der Waals surface area (Å²) in [6, 6.07) is 0. The van der Waals surface area contributed by atoms with E-state index in [0.29, 0.717) is 16.7 Å². The van der Waals surface area contributed by atoms with Gasteiger partial charge in [0.05, 0.1) is 24.5 Å². The summed E-state index contributed by atoms with van der Waals surface area (Å²) in [4.78, 5) is 59.7. The number of nitroso groups, excluding NO2 is 1. The van der Waals surface area contributed by atoms with Crippen LogP contribution in [0.3, 0.4) is 0 Å². The van der Waals surface area contributed by atoms with E-state index in [4.69, 9.17) is 0 Å². The highest BCUT2D eigenvalue weighted by Gasteiger charge is 2.22. The molecule has 0 bridgehead atoms. The number of aromatic hydroxyl groups is 2. The van der Waals surface area contributed by atoms with Crippen molar-refractivity contribution in [2.75, 3.05) is 26.2 Å². The molecule has 0 aromatic carbocycles. The quantitative estimate of drug-likeness (QED) is 0.182. The Kier molecular flexibility index (Phi) is 10.8. The van der Waals surface area contributed by atoms with Crippen LogP contribution >= 0.6 is 0 Å². The predicted molar refractivity (Wildman–Crippen MR) is 127 cm³/mol. The third kappa shape index (κ3) is 8.43. The lowest BCUT2D eigenvalue weighted by molar-refractivity contribution is -0.140. The summed E-state index contributed by atoms with van der Waals surface area (Å²) in [7, 11) is 0. The third-order valence-corrected chi connectivity index (χ3v) is 5.58. The van der Waals surface area contributed by atoms with Crippen molar-refractivity contribution in [2.45, 2.75) is 40.1 Å². The monoisotopic (exact) mass is 520 g/mol. The number of hydrogen-bond acceptors (Lipinski definition) is 13. The highest BCUT2D eigenvalue weighted by molar-refractivity contribution is 5.69. The fourth-order valence-corrected chi connectivity index (χ4v) is 3.69. The van der Waals surface area contributed by atoms with Crippen molar-refractivity contribution >= 4 is 11.9 Å². The maximum Gasteiger partial charge on any atom is 0.317 e. The molecule has 15 nitrogen and oxygen atoms in total. The summed E-state index contributed by atoms with van der Waals surface area (Å²) in [6.07, 6.45) is 2.76. The SMILES string of the molecule is Cc1ncc(CN=O)c(CN(CCN(CC(=O)O)Cc2c(CON=O)cnc(C)c2O)CC(=O)O)c1O. The molecule has 2 aromatic heterocycles. The van der Waals surface area contributed by atoms with E-state index in [1.807, 2.05) is 0 Å². The minimum absolute atomic E-state index is 0.0404. The summed E-state index contributed by atoms with van der Waals surface area (Å²) in [6.45, 7) is 1.57. The Morgan fingerprint density at radius 3 is 1.76 bits per heavy atom. The van der Waals surface area contributed by atoms with Gasteiger partial charge in [-0.1, -0.05) is 5.18 Å². The minimum Gasteiger partial charge on any atom is -0.506 e. The largest absolute Gasteiger partial charge is 0.506 e. The Hall–Kier alpha value is -4.24. The molecule has 200 valence electrons. The number of pyridine rings is 2. The average molecular weight is 520 g/mol. The Bertz CT molecular complexity index is 1140. The number of carbonyl (C=O) groups is 2. The van der Waals surface area contributed by atoms with Crippen molar-refractivity contribution in [1.82, 2.24) is 19.8 Å². The highest BCUT2D eigenvalue weighted by Crippen LogP contribution is 2.27. The summed E-state index contributed by atoms with van der Waals surface area (Å²) < 4.78 is 0. The molecular weight excluding hydrogens is 492 g/mol. The second kappa shape index (κ2) is 13.7. The zero-order chi connectivity index (χ0) is 27.5. The van der Waals surface area contributed by atoms with Gasteiger partial charge in [0.25, 0.3) is 0 Å². The molecule has 0 aliphatic rings. The van der Waals surface area contributed by atoms with E-state index in [1.165, 1.54) is 22.2 Å². The second-order valence-electron chi connectivity index (χ2n) is 8.24. The molecule has 0 saturated heterocycles. The number of aliphatic carboxylic acids is 2. The molecule has 0 atom stereocenters. The van der Waals surface area contributed by atoms with Gasteiger partial charge in [-0.25, -0.2) is 0 Å². The lowest BCUT2D eigenvalue weighted by Crippen LogP contribution is -2.39. The molecule has 15 heteroatoms. The van der Waals surface area contributed by atoms with Crippen LogP contribution in [0.1, 0.15) is 33.6 Å². The van der Waals surface area contributed by atoms with Gasteiger partial charge in [-0.3, -0.25) is 29.4 Å². The topological polar surface area (TPSA) is 215 Å². The van der Waals surface area contributed by atoms with E-state index in [2.05, 4.69) is 25.3 Å². The molecule has 4 N–H and O–H groups in total. The molecule has 2 aromatic rings. The van der Waals surface area contributed by atoms with Gasteiger partial charge in [0, 0.05) is 60.8 Å². The third-order valence-electron chi connectivity index (χ3n) is 5.58. The molecule has 0 spiro atoms. The first-order valence-corrected chi connectivity index (χ1v) is 11.0. The van der Waals surface area contributed by atoms with Gasteiger partial charge in [0.2, 0.25) is 0 Å². The number of carboxylic acids is 2. The van der Waals surface area contributed by atoms with Crippen molar-refractivity contribution in [1.29, 1.82) is 0 Å². The van der Waals surface area contributed by atoms with Gasteiger partial charge < -0.3 is 25.3 Å². The Balaban J connectivity index is 2.31. The van der Waals surface area contributed by atoms with Crippen LogP contribution in [0.4, 0.5) is 0 Å². The molecular formula is C22H28N6O9. The summed E-state index contributed by atoms with van der Waals surface area (Å²) in [5.41, 5.74) is 1.80. The van der Waals surface area contributed by atoms with Crippen molar-refractivity contribution < 1.29 is 34.9 Å². The van der Waals surface area contributed by atoms with E-state index in [9.17, 15) is 39.8 Å². The van der Waals surface area contributed by atoms with E-state index in [1.54, 1.807) is 13.8 Å². The lowest BCUT2D eigenvalue weighted by atomic mass is 10.1. The van der Waals surface area contributed by atoms with Crippen LogP contribution in [0, 0.1) is 23.7 Å². The van der Waals surface area contributed by atoms with Gasteiger partial charge in [-0.05, 0) is 13.8 Å². The molecule has 0 fully saturated rings. The number of carboxylic acid groups (broad SMARTS) is 2. The Morgan fingerprint density at radius 2 is 1.32 bits per heavy atom. The van der Waals surface area contributed by atoms with Crippen molar-refractivity contribution in [3.63, 3.8) is 0 Å². The molecule has 2 heterocycles. The standard InChI is InChI=1S/C22H28N6O9/c1-13-21(33)17(15(5-23-13)7-25-35)8-27(10-19(29)30)3-4-28(11-20(31)32)9-18-16(12-37-26-36)6-24-14(2)22(18)34/h5-6,33-34H,3-4,7-12H2,1-2H3,(H,29,30)(H,31,32). The number of hydrogen-bond donors (Lipinski definition) is 4. The van der Waals surface area contributed by atoms with E-state index in [-0.39, 0.29) is 67.8 Å². The van der Waals surface area contributed by atoms with Gasteiger partial charge in [-0.2, -0.15) is 4.91 Å². The van der Waals surface area contributed by atoms with Gasteiger partial charge in [0.1, 0.15) is 24.7 Å². The van der Waals surface area contributed by atoms with Crippen LogP contribution in [0.25, 0.3) is 0 Å². The zero-order valence-electron chi connectivity index (χ0n) is 20.3. The molecule has 0 amide bonds. The first-order valence-electron chi connectivity index (χ1n) is 11.0. The van der Waals surface area contributed by atoms with Crippen LogP contribution in [0.5, 0.6) is 11.5 Å². The molecule has 0 aliphatic heterocycles. The Labute approximate surface area is 211 Å². The van der Waals surface area contributed by atoms with Crippen LogP contribution in [-0.2, 0) is 40.7 Å². The average Bonchev–Trinajstić information content (AvgIpc) is 2.83. The molecule has 0 radical (unpaired) electrons. The van der Waals surface area contributed by atoms with Crippen molar-refractivity contribution in [3.05, 3.63) is 55.8 Å². The number of rotatable bonds is 16. The smallest absolute Gasteiger partial charge is 0.317 e. The van der Waals surface area contributed by atoms with Gasteiger partial charge in [-0.15, -0.1) is 4.91 Å². The van der Waals surface area contributed by atoms with E-state index in [0.717, 1.165) is 0 Å². The number of aromatic nitrogens is 2. The molecule has 0 unspecified atom stereocenters. The zero-order valence-corrected chi connectivity index (χ0v) is 20.3. The first-order chi connectivity index (χ1) is 17.6. The predicted octanol–water partition coefficient (Wildman–Crippen LogP) is 1.44. The molecule has 37 heavy (non-hydrogen) atoms. The van der Waals surface area contributed by atoms with Gasteiger partial charge in [0.15, 0.2) is 5.34 Å². The molecule has 2 rings (SSSR count). The van der Waals surface area contributed by atoms with Crippen molar-refractivity contribution in [3.8, 4) is 11.5 Å². The second-order valence-corrected chi connectivity index (χ2v) is 8.24. The molecule has 0 saturated carbocycles. The van der Waals surface area contributed by atoms with E-state index < -0.39 is 25.0 Å².